The van der Waals surface area contributed by atoms with Gasteiger partial charge in [-0.2, -0.15) is 4.98 Å². The molecule has 106 valence electrons. The molecule has 0 bridgehead atoms. The largest absolute Gasteiger partial charge is 0.497 e. The SMILES string of the molecule is COCC(=O)NCc1noc(-c2ccc(OC)cc2)n1. The average Bonchev–Trinajstić information content (AvgIpc) is 2.94. The van der Waals surface area contributed by atoms with Crippen LogP contribution in [0.4, 0.5) is 0 Å². The molecule has 0 spiro atoms. The number of ether oxygens (including phenoxy) is 2. The third-order valence-corrected chi connectivity index (χ3v) is 2.52. The van der Waals surface area contributed by atoms with Crippen LogP contribution in [0.2, 0.25) is 0 Å². The molecule has 2 rings (SSSR count). The number of hydrogen-bond donors (Lipinski definition) is 1. The third kappa shape index (κ3) is 3.55. The standard InChI is InChI=1S/C13H15N3O4/c1-18-8-12(17)14-7-11-15-13(20-16-11)9-3-5-10(19-2)6-4-9/h3-6H,7-8H2,1-2H3,(H,14,17). The van der Waals surface area contributed by atoms with Crippen molar-refractivity contribution in [2.75, 3.05) is 20.8 Å². The fourth-order valence-corrected chi connectivity index (χ4v) is 1.54. The van der Waals surface area contributed by atoms with Gasteiger partial charge in [-0.1, -0.05) is 5.16 Å². The summed E-state index contributed by atoms with van der Waals surface area (Å²) in [4.78, 5) is 15.4. The van der Waals surface area contributed by atoms with Gasteiger partial charge in [0.05, 0.1) is 13.7 Å². The van der Waals surface area contributed by atoms with E-state index >= 15 is 0 Å². The summed E-state index contributed by atoms with van der Waals surface area (Å²) in [5, 5.41) is 6.41. The molecule has 20 heavy (non-hydrogen) atoms. The first-order valence-corrected chi connectivity index (χ1v) is 5.95. The quantitative estimate of drug-likeness (QED) is 0.848. The molecule has 0 aliphatic heterocycles. The number of methoxy groups -OCH3 is 2. The fourth-order valence-electron chi connectivity index (χ4n) is 1.54. The number of hydrogen-bond acceptors (Lipinski definition) is 6. The Bertz CT molecular complexity index is 565. The Kier molecular flexibility index (Phi) is 4.67. The molecule has 0 saturated heterocycles. The highest BCUT2D eigenvalue weighted by molar-refractivity contribution is 5.77. The summed E-state index contributed by atoms with van der Waals surface area (Å²) in [6.45, 7) is 0.199. The number of aromatic nitrogens is 2. The topological polar surface area (TPSA) is 86.5 Å². The number of amides is 1. The molecule has 1 heterocycles. The Morgan fingerprint density at radius 3 is 2.70 bits per heavy atom. The Balaban J connectivity index is 1.99. The normalized spacial score (nSPS) is 10.3. The zero-order valence-corrected chi connectivity index (χ0v) is 11.3. The number of carbonyl (C=O) groups is 1. The molecule has 0 unspecified atom stereocenters. The minimum atomic E-state index is -0.233. The van der Waals surface area contributed by atoms with Gasteiger partial charge in [-0.25, -0.2) is 0 Å². The van der Waals surface area contributed by atoms with Crippen LogP contribution in [-0.4, -0.2) is 36.9 Å². The zero-order valence-electron chi connectivity index (χ0n) is 11.3. The summed E-state index contributed by atoms with van der Waals surface area (Å²) in [5.74, 6) is 1.31. The van der Waals surface area contributed by atoms with Gasteiger partial charge >= 0.3 is 0 Å². The monoisotopic (exact) mass is 277 g/mol. The van der Waals surface area contributed by atoms with Crippen molar-refractivity contribution in [3.05, 3.63) is 30.1 Å². The van der Waals surface area contributed by atoms with Crippen LogP contribution >= 0.6 is 0 Å². The first-order valence-electron chi connectivity index (χ1n) is 5.95. The van der Waals surface area contributed by atoms with Gasteiger partial charge in [0.15, 0.2) is 5.82 Å². The number of benzene rings is 1. The van der Waals surface area contributed by atoms with Crippen molar-refractivity contribution >= 4 is 5.91 Å². The summed E-state index contributed by atoms with van der Waals surface area (Å²) < 4.78 is 14.9. The van der Waals surface area contributed by atoms with E-state index in [9.17, 15) is 4.79 Å². The Labute approximate surface area is 115 Å². The second-order valence-electron chi connectivity index (χ2n) is 3.95. The predicted molar refractivity (Wildman–Crippen MR) is 70.0 cm³/mol. The third-order valence-electron chi connectivity index (χ3n) is 2.52. The van der Waals surface area contributed by atoms with Crippen molar-refractivity contribution in [1.29, 1.82) is 0 Å². The molecular formula is C13H15N3O4. The van der Waals surface area contributed by atoms with Crippen molar-refractivity contribution in [3.8, 4) is 17.2 Å². The van der Waals surface area contributed by atoms with Crippen molar-refractivity contribution in [3.63, 3.8) is 0 Å². The Hall–Kier alpha value is -2.41. The van der Waals surface area contributed by atoms with E-state index in [4.69, 9.17) is 14.0 Å². The molecule has 1 N–H and O–H groups in total. The molecule has 0 radical (unpaired) electrons. The summed E-state index contributed by atoms with van der Waals surface area (Å²) in [6, 6.07) is 7.25. The zero-order chi connectivity index (χ0) is 14.4. The van der Waals surface area contributed by atoms with Crippen LogP contribution in [0.15, 0.2) is 28.8 Å². The molecule has 0 saturated carbocycles. The lowest BCUT2D eigenvalue weighted by molar-refractivity contribution is -0.124. The van der Waals surface area contributed by atoms with E-state index in [0.29, 0.717) is 11.7 Å². The van der Waals surface area contributed by atoms with Crippen molar-refractivity contribution in [2.24, 2.45) is 0 Å². The molecule has 2 aromatic rings. The lowest BCUT2D eigenvalue weighted by Crippen LogP contribution is -2.26. The smallest absolute Gasteiger partial charge is 0.257 e. The van der Waals surface area contributed by atoms with Gasteiger partial charge < -0.3 is 19.3 Å². The second-order valence-corrected chi connectivity index (χ2v) is 3.95. The second kappa shape index (κ2) is 6.67. The van der Waals surface area contributed by atoms with E-state index in [1.807, 2.05) is 12.1 Å². The van der Waals surface area contributed by atoms with Gasteiger partial charge in [0.1, 0.15) is 12.4 Å². The first kappa shape index (κ1) is 14.0. The minimum Gasteiger partial charge on any atom is -0.497 e. The molecule has 1 amide bonds. The van der Waals surface area contributed by atoms with E-state index in [1.54, 1.807) is 19.2 Å². The average molecular weight is 277 g/mol. The number of nitrogens with zero attached hydrogens (tertiary/aromatic N) is 2. The molecule has 0 atom stereocenters. The van der Waals surface area contributed by atoms with Crippen LogP contribution in [0.1, 0.15) is 5.82 Å². The van der Waals surface area contributed by atoms with Gasteiger partial charge in [0, 0.05) is 12.7 Å². The van der Waals surface area contributed by atoms with Crippen LogP contribution in [0, 0.1) is 0 Å². The highest BCUT2D eigenvalue weighted by atomic mass is 16.5. The minimum absolute atomic E-state index is 0.00316. The van der Waals surface area contributed by atoms with E-state index in [0.717, 1.165) is 11.3 Å². The highest BCUT2D eigenvalue weighted by Gasteiger charge is 2.09. The van der Waals surface area contributed by atoms with Gasteiger partial charge in [0.2, 0.25) is 5.91 Å². The van der Waals surface area contributed by atoms with Crippen LogP contribution in [0.3, 0.4) is 0 Å². The molecule has 1 aromatic carbocycles. The number of nitrogens with one attached hydrogen (secondary N) is 1. The van der Waals surface area contributed by atoms with E-state index in [-0.39, 0.29) is 19.1 Å². The maximum atomic E-state index is 11.2. The van der Waals surface area contributed by atoms with Gasteiger partial charge in [-0.15, -0.1) is 0 Å². The van der Waals surface area contributed by atoms with E-state index < -0.39 is 0 Å². The van der Waals surface area contributed by atoms with Gasteiger partial charge in [-0.3, -0.25) is 4.79 Å². The van der Waals surface area contributed by atoms with Gasteiger partial charge in [0.25, 0.3) is 5.89 Å². The maximum Gasteiger partial charge on any atom is 0.257 e. The van der Waals surface area contributed by atoms with Crippen LogP contribution in [0.5, 0.6) is 5.75 Å². The molecule has 1 aromatic heterocycles. The summed E-state index contributed by atoms with van der Waals surface area (Å²) >= 11 is 0. The van der Waals surface area contributed by atoms with Crippen molar-refractivity contribution < 1.29 is 18.8 Å². The molecule has 7 nitrogen and oxygen atoms in total. The van der Waals surface area contributed by atoms with E-state index in [2.05, 4.69) is 15.5 Å². The van der Waals surface area contributed by atoms with Crippen LogP contribution in [0.25, 0.3) is 11.5 Å². The van der Waals surface area contributed by atoms with Crippen molar-refractivity contribution in [1.82, 2.24) is 15.5 Å². The number of carbonyl (C=O) groups excluding carboxylic acids is 1. The first-order chi connectivity index (χ1) is 9.72. The lowest BCUT2D eigenvalue weighted by Gasteiger charge is -2.00. The highest BCUT2D eigenvalue weighted by Crippen LogP contribution is 2.20. The van der Waals surface area contributed by atoms with Crippen LogP contribution in [-0.2, 0) is 16.1 Å². The molecule has 0 fully saturated rings. The maximum absolute atomic E-state index is 11.2. The molecule has 0 aliphatic rings. The lowest BCUT2D eigenvalue weighted by atomic mass is 10.2. The summed E-state index contributed by atoms with van der Waals surface area (Å²) in [6.07, 6.45) is 0. The van der Waals surface area contributed by atoms with Gasteiger partial charge in [-0.05, 0) is 24.3 Å². The fraction of sp³-hybridized carbons (Fsp3) is 0.308. The molecular weight excluding hydrogens is 262 g/mol. The van der Waals surface area contributed by atoms with E-state index in [1.165, 1.54) is 7.11 Å². The predicted octanol–water partition coefficient (Wildman–Crippen LogP) is 1.01. The van der Waals surface area contributed by atoms with Crippen LogP contribution < -0.4 is 10.1 Å². The Morgan fingerprint density at radius 1 is 1.30 bits per heavy atom. The molecule has 0 aliphatic carbocycles. The van der Waals surface area contributed by atoms with Crippen molar-refractivity contribution in [2.45, 2.75) is 6.54 Å². The molecule has 7 heteroatoms. The Morgan fingerprint density at radius 2 is 2.05 bits per heavy atom. The summed E-state index contributed by atoms with van der Waals surface area (Å²) in [5.41, 5.74) is 0.785. The number of rotatable bonds is 6. The summed E-state index contributed by atoms with van der Waals surface area (Å²) in [7, 11) is 3.05.